The zero-order chi connectivity index (χ0) is 21.3. The van der Waals surface area contributed by atoms with Gasteiger partial charge in [0.1, 0.15) is 10.6 Å². The molecular weight excluding hydrogens is 424 g/mol. The van der Waals surface area contributed by atoms with Crippen molar-refractivity contribution >= 4 is 38.9 Å². The van der Waals surface area contributed by atoms with Crippen molar-refractivity contribution in [3.05, 3.63) is 82.9 Å². The second-order valence-electron chi connectivity index (χ2n) is 6.78. The van der Waals surface area contributed by atoms with Crippen LogP contribution in [0.1, 0.15) is 15.9 Å². The van der Waals surface area contributed by atoms with Gasteiger partial charge in [-0.2, -0.15) is 0 Å². The third-order valence-corrected chi connectivity index (χ3v) is 7.25. The van der Waals surface area contributed by atoms with Crippen LogP contribution in [0.4, 0.5) is 11.4 Å². The summed E-state index contributed by atoms with van der Waals surface area (Å²) in [6.45, 7) is 0.334. The zero-order valence-corrected chi connectivity index (χ0v) is 17.7. The molecule has 8 heteroatoms. The molecule has 1 heterocycles. The van der Waals surface area contributed by atoms with Crippen LogP contribution in [0.25, 0.3) is 0 Å². The molecule has 1 amide bonds. The normalized spacial score (nSPS) is 13.1. The fourth-order valence-corrected chi connectivity index (χ4v) is 5.40. The summed E-state index contributed by atoms with van der Waals surface area (Å²) in [6, 6.07) is 18.4. The second kappa shape index (κ2) is 8.01. The number of amides is 1. The van der Waals surface area contributed by atoms with Gasteiger partial charge in [0.15, 0.2) is 0 Å². The molecule has 0 fully saturated rings. The van der Waals surface area contributed by atoms with Crippen molar-refractivity contribution in [3.63, 3.8) is 0 Å². The Kier molecular flexibility index (Phi) is 5.40. The number of fused-ring (bicyclic) bond motifs is 1. The van der Waals surface area contributed by atoms with Crippen molar-refractivity contribution in [1.29, 1.82) is 0 Å². The standard InChI is InChI=1S/C22H19ClN2O4S/c1-29-18-9-7-17(8-10-18)24-22(26)16-6-11-19(23)21(14-16)30(27,28)25-13-12-15-4-2-3-5-20(15)25/h2-11,14H,12-13H2,1H3,(H,24,26). The molecule has 1 N–H and O–H groups in total. The van der Waals surface area contributed by atoms with Gasteiger partial charge in [0, 0.05) is 17.8 Å². The number of rotatable bonds is 5. The van der Waals surface area contributed by atoms with Gasteiger partial charge in [-0.25, -0.2) is 8.42 Å². The number of ether oxygens (including phenoxy) is 1. The Morgan fingerprint density at radius 1 is 1.07 bits per heavy atom. The van der Waals surface area contributed by atoms with Crippen LogP contribution in [0, 0.1) is 0 Å². The first-order chi connectivity index (χ1) is 14.4. The molecule has 0 radical (unpaired) electrons. The Balaban J connectivity index is 1.64. The first-order valence-electron chi connectivity index (χ1n) is 9.26. The van der Waals surface area contributed by atoms with E-state index in [0.29, 0.717) is 30.1 Å². The lowest BCUT2D eigenvalue weighted by molar-refractivity contribution is 0.102. The minimum Gasteiger partial charge on any atom is -0.497 e. The van der Waals surface area contributed by atoms with Gasteiger partial charge in [0.05, 0.1) is 17.8 Å². The van der Waals surface area contributed by atoms with Crippen LogP contribution in [0.2, 0.25) is 5.02 Å². The Bertz CT molecular complexity index is 1210. The number of hydrogen-bond donors (Lipinski definition) is 1. The van der Waals surface area contributed by atoms with Crippen molar-refractivity contribution in [3.8, 4) is 5.75 Å². The number of halogens is 1. The molecule has 30 heavy (non-hydrogen) atoms. The van der Waals surface area contributed by atoms with Gasteiger partial charge >= 0.3 is 0 Å². The number of nitrogens with zero attached hydrogens (tertiary/aromatic N) is 1. The minimum atomic E-state index is -3.92. The molecule has 0 atom stereocenters. The molecular formula is C22H19ClN2O4S. The van der Waals surface area contributed by atoms with E-state index in [1.807, 2.05) is 12.1 Å². The first kappa shape index (κ1) is 20.3. The summed E-state index contributed by atoms with van der Waals surface area (Å²) in [4.78, 5) is 12.6. The Morgan fingerprint density at radius 3 is 2.53 bits per heavy atom. The highest BCUT2D eigenvalue weighted by Gasteiger charge is 2.32. The van der Waals surface area contributed by atoms with Gasteiger partial charge in [-0.3, -0.25) is 9.10 Å². The van der Waals surface area contributed by atoms with E-state index < -0.39 is 15.9 Å². The number of sulfonamides is 1. The van der Waals surface area contributed by atoms with Crippen molar-refractivity contribution < 1.29 is 17.9 Å². The van der Waals surface area contributed by atoms with E-state index in [-0.39, 0.29) is 15.5 Å². The molecule has 0 aliphatic carbocycles. The van der Waals surface area contributed by atoms with Crippen LogP contribution >= 0.6 is 11.6 Å². The summed E-state index contributed by atoms with van der Waals surface area (Å²) < 4.78 is 33.1. The molecule has 0 saturated carbocycles. The van der Waals surface area contributed by atoms with Crippen LogP contribution in [0.5, 0.6) is 5.75 Å². The maximum absolute atomic E-state index is 13.3. The molecule has 1 aliphatic rings. The number of carbonyl (C=O) groups is 1. The third kappa shape index (κ3) is 3.74. The fraction of sp³-hybridized carbons (Fsp3) is 0.136. The molecule has 3 aromatic carbocycles. The number of methoxy groups -OCH3 is 1. The number of hydrogen-bond acceptors (Lipinski definition) is 4. The van der Waals surface area contributed by atoms with E-state index in [1.54, 1.807) is 43.5 Å². The predicted molar refractivity (Wildman–Crippen MR) is 117 cm³/mol. The highest BCUT2D eigenvalue weighted by atomic mass is 35.5. The Morgan fingerprint density at radius 2 is 1.80 bits per heavy atom. The maximum Gasteiger partial charge on any atom is 0.265 e. The molecule has 6 nitrogen and oxygen atoms in total. The number of carbonyl (C=O) groups excluding carboxylic acids is 1. The summed E-state index contributed by atoms with van der Waals surface area (Å²) in [5.41, 5.74) is 2.36. The number of nitrogens with one attached hydrogen (secondary N) is 1. The predicted octanol–water partition coefficient (Wildman–Crippen LogP) is 4.35. The summed E-state index contributed by atoms with van der Waals surface area (Å²) in [6.07, 6.45) is 0.630. The topological polar surface area (TPSA) is 75.7 Å². The molecule has 0 spiro atoms. The van der Waals surface area contributed by atoms with E-state index in [0.717, 1.165) is 5.56 Å². The number of para-hydroxylation sites is 1. The lowest BCUT2D eigenvalue weighted by atomic mass is 10.2. The van der Waals surface area contributed by atoms with Gasteiger partial charge in [-0.15, -0.1) is 0 Å². The smallest absolute Gasteiger partial charge is 0.265 e. The fourth-order valence-electron chi connectivity index (χ4n) is 3.40. The van der Waals surface area contributed by atoms with Gasteiger partial charge in [0.25, 0.3) is 15.9 Å². The van der Waals surface area contributed by atoms with Gasteiger partial charge in [-0.1, -0.05) is 29.8 Å². The van der Waals surface area contributed by atoms with Gasteiger partial charge < -0.3 is 10.1 Å². The Labute approximate surface area is 180 Å². The first-order valence-corrected chi connectivity index (χ1v) is 11.1. The average Bonchev–Trinajstić information content (AvgIpc) is 3.19. The van der Waals surface area contributed by atoms with Crippen LogP contribution in [0.15, 0.2) is 71.6 Å². The molecule has 0 aromatic heterocycles. The van der Waals surface area contributed by atoms with Crippen molar-refractivity contribution in [2.45, 2.75) is 11.3 Å². The third-order valence-electron chi connectivity index (χ3n) is 4.95. The van der Waals surface area contributed by atoms with Crippen LogP contribution < -0.4 is 14.4 Å². The summed E-state index contributed by atoms with van der Waals surface area (Å²) in [5, 5.41) is 2.82. The highest BCUT2D eigenvalue weighted by molar-refractivity contribution is 7.93. The van der Waals surface area contributed by atoms with E-state index in [9.17, 15) is 13.2 Å². The molecule has 0 bridgehead atoms. The lowest BCUT2D eigenvalue weighted by Gasteiger charge is -2.20. The monoisotopic (exact) mass is 442 g/mol. The molecule has 0 unspecified atom stereocenters. The van der Waals surface area contributed by atoms with Gasteiger partial charge in [-0.05, 0) is 60.5 Å². The van der Waals surface area contributed by atoms with E-state index >= 15 is 0 Å². The van der Waals surface area contributed by atoms with Crippen molar-refractivity contribution in [2.75, 3.05) is 23.3 Å². The summed E-state index contributed by atoms with van der Waals surface area (Å²) in [5.74, 6) is 0.230. The molecule has 0 saturated heterocycles. The summed E-state index contributed by atoms with van der Waals surface area (Å²) >= 11 is 6.23. The molecule has 3 aromatic rings. The molecule has 154 valence electrons. The largest absolute Gasteiger partial charge is 0.497 e. The average molecular weight is 443 g/mol. The maximum atomic E-state index is 13.3. The van der Waals surface area contributed by atoms with E-state index in [2.05, 4.69) is 5.32 Å². The second-order valence-corrected chi connectivity index (χ2v) is 9.02. The quantitative estimate of drug-likeness (QED) is 0.637. The van der Waals surface area contributed by atoms with Crippen LogP contribution in [0.3, 0.4) is 0 Å². The van der Waals surface area contributed by atoms with Crippen molar-refractivity contribution in [1.82, 2.24) is 0 Å². The highest BCUT2D eigenvalue weighted by Crippen LogP contribution is 2.35. The van der Waals surface area contributed by atoms with E-state index in [1.165, 1.54) is 22.5 Å². The minimum absolute atomic E-state index is 0.0698. The Hall–Kier alpha value is -3.03. The van der Waals surface area contributed by atoms with E-state index in [4.69, 9.17) is 16.3 Å². The number of anilines is 2. The number of benzene rings is 3. The SMILES string of the molecule is COc1ccc(NC(=O)c2ccc(Cl)c(S(=O)(=O)N3CCc4ccccc43)c2)cc1. The molecule has 4 rings (SSSR count). The van der Waals surface area contributed by atoms with Crippen LogP contribution in [-0.2, 0) is 16.4 Å². The lowest BCUT2D eigenvalue weighted by Crippen LogP contribution is -2.29. The summed E-state index contributed by atoms with van der Waals surface area (Å²) in [7, 11) is -2.36. The molecule has 1 aliphatic heterocycles. The van der Waals surface area contributed by atoms with Crippen molar-refractivity contribution in [2.24, 2.45) is 0 Å². The van der Waals surface area contributed by atoms with Gasteiger partial charge in [0.2, 0.25) is 0 Å². The zero-order valence-electron chi connectivity index (χ0n) is 16.1. The van der Waals surface area contributed by atoms with Crippen LogP contribution in [-0.4, -0.2) is 28.0 Å².